The highest BCUT2D eigenvalue weighted by molar-refractivity contribution is 9.11. The Balaban J connectivity index is 2.45. The van der Waals surface area contributed by atoms with E-state index in [-0.39, 0.29) is 35.0 Å². The molecule has 0 aromatic heterocycles. The average molecular weight is 654 g/mol. The number of Topliss-reactive ketones (excluding diaryl/α,β-unsaturated/α-hetero) is 1. The van der Waals surface area contributed by atoms with E-state index in [0.29, 0.717) is 17.9 Å². The lowest BCUT2D eigenvalue weighted by Crippen LogP contribution is -2.52. The van der Waals surface area contributed by atoms with Gasteiger partial charge in [-0.05, 0) is 124 Å². The predicted octanol–water partition coefficient (Wildman–Crippen LogP) is 7.71. The van der Waals surface area contributed by atoms with Crippen LogP contribution in [0.2, 0.25) is 0 Å². The summed E-state index contributed by atoms with van der Waals surface area (Å²) < 4.78 is 2.14. The third kappa shape index (κ3) is 3.85. The number of phenols is 2. The van der Waals surface area contributed by atoms with Gasteiger partial charge in [-0.2, -0.15) is 0 Å². The summed E-state index contributed by atoms with van der Waals surface area (Å²) in [7, 11) is 0. The Kier molecular flexibility index (Phi) is 6.94. The lowest BCUT2D eigenvalue weighted by molar-refractivity contribution is -0.132. The molecule has 2 aromatic carbocycles. The third-order valence-electron chi connectivity index (χ3n) is 6.05. The molecule has 2 unspecified atom stereocenters. The van der Waals surface area contributed by atoms with Crippen LogP contribution in [-0.4, -0.2) is 16.0 Å². The van der Waals surface area contributed by atoms with E-state index in [2.05, 4.69) is 77.6 Å². The topological polar surface area (TPSA) is 57.5 Å². The van der Waals surface area contributed by atoms with Gasteiger partial charge in [-0.25, -0.2) is 0 Å². The van der Waals surface area contributed by atoms with Crippen LogP contribution in [0.25, 0.3) is 0 Å². The summed E-state index contributed by atoms with van der Waals surface area (Å²) in [6, 6.07) is 7.39. The van der Waals surface area contributed by atoms with Crippen molar-refractivity contribution in [3.8, 4) is 11.5 Å². The van der Waals surface area contributed by atoms with Crippen molar-refractivity contribution >= 4 is 69.5 Å². The lowest BCUT2D eigenvalue weighted by Gasteiger charge is -2.48. The molecule has 0 spiro atoms. The number of hydrogen-bond acceptors (Lipinski definition) is 3. The van der Waals surface area contributed by atoms with Crippen LogP contribution >= 0.6 is 63.7 Å². The largest absolute Gasteiger partial charge is 0.506 e. The molecule has 29 heavy (non-hydrogen) atoms. The minimum Gasteiger partial charge on any atom is -0.506 e. The number of ketones is 1. The smallest absolute Gasteiger partial charge is 0.150 e. The van der Waals surface area contributed by atoms with Crippen molar-refractivity contribution in [2.75, 3.05) is 0 Å². The molecule has 0 heterocycles. The van der Waals surface area contributed by atoms with E-state index in [0.717, 1.165) is 24.0 Å². The number of carbonyl (C=O) groups excluding carboxylic acids is 1. The lowest BCUT2D eigenvalue weighted by atomic mass is 9.53. The number of phenolic OH excluding ortho intramolecular Hbond substituents is 2. The Morgan fingerprint density at radius 2 is 1.24 bits per heavy atom. The number of halogens is 4. The van der Waals surface area contributed by atoms with Gasteiger partial charge in [0.15, 0.2) is 5.78 Å². The minimum absolute atomic E-state index is 0.0675. The molecule has 0 amide bonds. The van der Waals surface area contributed by atoms with Gasteiger partial charge in [-0.3, -0.25) is 4.79 Å². The van der Waals surface area contributed by atoms with E-state index in [4.69, 9.17) is 0 Å². The fourth-order valence-corrected chi connectivity index (χ4v) is 7.02. The molecule has 156 valence electrons. The van der Waals surface area contributed by atoms with Gasteiger partial charge in [-0.15, -0.1) is 0 Å². The molecule has 2 N–H and O–H groups in total. The number of carbonyl (C=O) groups is 1. The second kappa shape index (κ2) is 8.64. The Morgan fingerprint density at radius 3 is 1.59 bits per heavy atom. The Hall–Kier alpha value is -0.370. The Labute approximate surface area is 204 Å². The zero-order chi connectivity index (χ0) is 21.7. The third-order valence-corrected chi connectivity index (χ3v) is 8.47. The summed E-state index contributed by atoms with van der Waals surface area (Å²) in [4.78, 5) is 14.0. The summed E-state index contributed by atoms with van der Waals surface area (Å²) in [5.74, 6) is 0.602. The summed E-state index contributed by atoms with van der Waals surface area (Å²) in [5.41, 5.74) is 0.756. The normalized spacial score (nSPS) is 21.6. The van der Waals surface area contributed by atoms with Gasteiger partial charge >= 0.3 is 0 Å². The van der Waals surface area contributed by atoms with E-state index >= 15 is 0 Å². The first-order valence-electron chi connectivity index (χ1n) is 9.43. The van der Waals surface area contributed by atoms with E-state index in [1.807, 2.05) is 31.2 Å². The number of benzene rings is 2. The van der Waals surface area contributed by atoms with Crippen LogP contribution < -0.4 is 0 Å². The molecule has 2 atom stereocenters. The van der Waals surface area contributed by atoms with E-state index < -0.39 is 5.41 Å². The number of rotatable bonds is 3. The van der Waals surface area contributed by atoms with Crippen LogP contribution in [0.3, 0.4) is 0 Å². The van der Waals surface area contributed by atoms with Gasteiger partial charge in [0, 0.05) is 5.92 Å². The summed E-state index contributed by atoms with van der Waals surface area (Å²) in [6.07, 6.45) is 1.76. The zero-order valence-corrected chi connectivity index (χ0v) is 22.6. The molecule has 1 aliphatic carbocycles. The monoisotopic (exact) mass is 650 g/mol. The van der Waals surface area contributed by atoms with Crippen molar-refractivity contribution in [3.63, 3.8) is 0 Å². The van der Waals surface area contributed by atoms with Gasteiger partial charge in [0.2, 0.25) is 0 Å². The van der Waals surface area contributed by atoms with Crippen LogP contribution in [0.5, 0.6) is 11.5 Å². The Bertz CT molecular complexity index is 867. The summed E-state index contributed by atoms with van der Waals surface area (Å²) in [5, 5.41) is 20.5. The first-order chi connectivity index (χ1) is 13.5. The van der Waals surface area contributed by atoms with Gasteiger partial charge in [0.1, 0.15) is 11.5 Å². The van der Waals surface area contributed by atoms with Crippen LogP contribution in [0.4, 0.5) is 0 Å². The second-order valence-corrected chi connectivity index (χ2v) is 11.5. The molecule has 3 nitrogen and oxygen atoms in total. The molecule has 7 heteroatoms. The molecular weight excluding hydrogens is 632 g/mol. The highest BCUT2D eigenvalue weighted by Gasteiger charge is 2.53. The van der Waals surface area contributed by atoms with Crippen LogP contribution in [0.1, 0.15) is 44.7 Å². The van der Waals surface area contributed by atoms with Crippen molar-refractivity contribution in [2.24, 2.45) is 17.8 Å². The maximum atomic E-state index is 14.0. The van der Waals surface area contributed by atoms with Crippen molar-refractivity contribution in [1.82, 2.24) is 0 Å². The van der Waals surface area contributed by atoms with Gasteiger partial charge in [-0.1, -0.05) is 20.8 Å². The average Bonchev–Trinajstić information content (AvgIpc) is 2.65. The van der Waals surface area contributed by atoms with Crippen LogP contribution in [-0.2, 0) is 10.2 Å². The molecule has 1 aliphatic rings. The second-order valence-electron chi connectivity index (χ2n) is 8.08. The zero-order valence-electron chi connectivity index (χ0n) is 16.3. The molecule has 1 fully saturated rings. The molecule has 3 rings (SSSR count). The van der Waals surface area contributed by atoms with Crippen LogP contribution in [0, 0.1) is 17.8 Å². The highest BCUT2D eigenvalue weighted by Crippen LogP contribution is 2.54. The van der Waals surface area contributed by atoms with Crippen molar-refractivity contribution in [3.05, 3.63) is 53.3 Å². The van der Waals surface area contributed by atoms with Gasteiger partial charge in [0.25, 0.3) is 0 Å². The minimum atomic E-state index is -0.899. The standard InChI is InChI=1S/C22H22Br4O3/c1-10(2)14-5-4-11(3)21(29)22(14,12-6-15(23)19(27)16(24)7-12)13-8-17(25)20(28)18(26)9-13/h6-11,14,27-28H,4-5H2,1-3H3. The number of aromatic hydroxyl groups is 2. The van der Waals surface area contributed by atoms with Crippen molar-refractivity contribution in [2.45, 2.75) is 39.0 Å². The predicted molar refractivity (Wildman–Crippen MR) is 130 cm³/mol. The molecule has 0 bridgehead atoms. The Morgan fingerprint density at radius 1 is 0.862 bits per heavy atom. The number of hydrogen-bond donors (Lipinski definition) is 2. The summed E-state index contributed by atoms with van der Waals surface area (Å²) >= 11 is 13.8. The maximum absolute atomic E-state index is 14.0. The molecular formula is C22H22Br4O3. The SMILES string of the molecule is CC1CCC(C(C)C)C(c2cc(Br)c(O)c(Br)c2)(c2cc(Br)c(O)c(Br)c2)C1=O. The van der Waals surface area contributed by atoms with E-state index in [9.17, 15) is 15.0 Å². The quantitative estimate of drug-likeness (QED) is 0.357. The maximum Gasteiger partial charge on any atom is 0.150 e. The molecule has 1 saturated carbocycles. The fraction of sp³-hybridized carbons (Fsp3) is 0.409. The molecule has 2 aromatic rings. The van der Waals surface area contributed by atoms with Gasteiger partial charge < -0.3 is 10.2 Å². The van der Waals surface area contributed by atoms with Crippen molar-refractivity contribution in [1.29, 1.82) is 0 Å². The fourth-order valence-electron chi connectivity index (χ4n) is 4.65. The van der Waals surface area contributed by atoms with Crippen LogP contribution in [0.15, 0.2) is 42.2 Å². The summed E-state index contributed by atoms with van der Waals surface area (Å²) in [6.45, 7) is 6.29. The molecule has 0 radical (unpaired) electrons. The van der Waals surface area contributed by atoms with Gasteiger partial charge in [0.05, 0.1) is 23.3 Å². The first kappa shape index (κ1) is 23.3. The van der Waals surface area contributed by atoms with E-state index in [1.165, 1.54) is 0 Å². The highest BCUT2D eigenvalue weighted by atomic mass is 79.9. The molecule has 0 aliphatic heterocycles. The van der Waals surface area contributed by atoms with E-state index in [1.54, 1.807) is 0 Å². The molecule has 0 saturated heterocycles. The van der Waals surface area contributed by atoms with Crippen molar-refractivity contribution < 1.29 is 15.0 Å². The first-order valence-corrected chi connectivity index (χ1v) is 12.6.